The first-order valence-corrected chi connectivity index (χ1v) is 3.80. The standard InChI is InChI=1S/C8H15NO/c1-7(6-9)8-2-4-10-5-3-8/h8H,1-6,9H2. The lowest BCUT2D eigenvalue weighted by Crippen LogP contribution is -2.20. The van der Waals surface area contributed by atoms with Gasteiger partial charge in [0.25, 0.3) is 0 Å². The molecule has 1 aliphatic rings. The summed E-state index contributed by atoms with van der Waals surface area (Å²) >= 11 is 0. The van der Waals surface area contributed by atoms with E-state index in [1.165, 1.54) is 5.57 Å². The number of nitrogens with two attached hydrogens (primary N) is 1. The summed E-state index contributed by atoms with van der Waals surface area (Å²) in [5, 5.41) is 0. The summed E-state index contributed by atoms with van der Waals surface area (Å²) < 4.78 is 5.21. The highest BCUT2D eigenvalue weighted by Crippen LogP contribution is 2.20. The van der Waals surface area contributed by atoms with Crippen molar-refractivity contribution in [2.75, 3.05) is 19.8 Å². The van der Waals surface area contributed by atoms with Gasteiger partial charge in [0.15, 0.2) is 0 Å². The van der Waals surface area contributed by atoms with Crippen LogP contribution in [-0.2, 0) is 4.74 Å². The molecule has 1 fully saturated rings. The molecular weight excluding hydrogens is 126 g/mol. The van der Waals surface area contributed by atoms with Crippen LogP contribution in [0.4, 0.5) is 0 Å². The lowest BCUT2D eigenvalue weighted by atomic mass is 9.93. The van der Waals surface area contributed by atoms with Gasteiger partial charge in [-0.2, -0.15) is 0 Å². The Bertz CT molecular complexity index is 116. The van der Waals surface area contributed by atoms with E-state index in [0.717, 1.165) is 26.1 Å². The molecule has 1 rings (SSSR count). The molecule has 0 aliphatic carbocycles. The maximum Gasteiger partial charge on any atom is 0.0471 e. The minimum absolute atomic E-state index is 0.624. The van der Waals surface area contributed by atoms with Crippen molar-refractivity contribution in [2.24, 2.45) is 11.7 Å². The van der Waals surface area contributed by atoms with E-state index < -0.39 is 0 Å². The van der Waals surface area contributed by atoms with Crippen LogP contribution in [-0.4, -0.2) is 19.8 Å². The summed E-state index contributed by atoms with van der Waals surface area (Å²) in [4.78, 5) is 0. The topological polar surface area (TPSA) is 35.2 Å². The molecule has 0 aromatic carbocycles. The number of hydrogen-bond acceptors (Lipinski definition) is 2. The van der Waals surface area contributed by atoms with Gasteiger partial charge >= 0.3 is 0 Å². The first kappa shape index (κ1) is 7.76. The molecule has 10 heavy (non-hydrogen) atoms. The fourth-order valence-electron chi connectivity index (χ4n) is 1.27. The number of ether oxygens (including phenoxy) is 1. The molecule has 0 aromatic rings. The van der Waals surface area contributed by atoms with E-state index in [0.29, 0.717) is 12.5 Å². The van der Waals surface area contributed by atoms with Crippen LogP contribution in [0.25, 0.3) is 0 Å². The summed E-state index contributed by atoms with van der Waals surface area (Å²) in [6.07, 6.45) is 2.21. The average Bonchev–Trinajstić information content (AvgIpc) is 2.05. The predicted molar refractivity (Wildman–Crippen MR) is 41.7 cm³/mol. The first-order chi connectivity index (χ1) is 4.84. The third kappa shape index (κ3) is 1.82. The van der Waals surface area contributed by atoms with Crippen LogP contribution >= 0.6 is 0 Å². The highest BCUT2D eigenvalue weighted by atomic mass is 16.5. The van der Waals surface area contributed by atoms with Gasteiger partial charge in [0.2, 0.25) is 0 Å². The molecular formula is C8H15NO. The van der Waals surface area contributed by atoms with Crippen molar-refractivity contribution in [3.63, 3.8) is 0 Å². The molecule has 0 amide bonds. The Morgan fingerprint density at radius 2 is 2.10 bits per heavy atom. The Labute approximate surface area is 62.1 Å². The van der Waals surface area contributed by atoms with Crippen LogP contribution < -0.4 is 5.73 Å². The molecule has 0 radical (unpaired) electrons. The van der Waals surface area contributed by atoms with Gasteiger partial charge in [0.05, 0.1) is 0 Å². The second-order valence-corrected chi connectivity index (χ2v) is 2.75. The quantitative estimate of drug-likeness (QED) is 0.580. The van der Waals surface area contributed by atoms with Gasteiger partial charge in [-0.15, -0.1) is 0 Å². The number of rotatable bonds is 2. The van der Waals surface area contributed by atoms with Crippen molar-refractivity contribution in [2.45, 2.75) is 12.8 Å². The molecule has 1 heterocycles. The summed E-state index contributed by atoms with van der Waals surface area (Å²) in [6, 6.07) is 0. The lowest BCUT2D eigenvalue weighted by molar-refractivity contribution is 0.0756. The van der Waals surface area contributed by atoms with Crippen LogP contribution in [0, 0.1) is 5.92 Å². The van der Waals surface area contributed by atoms with Crippen molar-refractivity contribution in [1.29, 1.82) is 0 Å². The molecule has 2 nitrogen and oxygen atoms in total. The van der Waals surface area contributed by atoms with Crippen molar-refractivity contribution in [3.8, 4) is 0 Å². The van der Waals surface area contributed by atoms with E-state index in [2.05, 4.69) is 6.58 Å². The molecule has 0 unspecified atom stereocenters. The molecule has 2 N–H and O–H groups in total. The van der Waals surface area contributed by atoms with Gasteiger partial charge in [0, 0.05) is 19.8 Å². The van der Waals surface area contributed by atoms with Gasteiger partial charge in [-0.3, -0.25) is 0 Å². The van der Waals surface area contributed by atoms with Gasteiger partial charge in [-0.25, -0.2) is 0 Å². The summed E-state index contributed by atoms with van der Waals surface area (Å²) in [5.74, 6) is 0.624. The van der Waals surface area contributed by atoms with Crippen molar-refractivity contribution < 1.29 is 4.74 Å². The summed E-state index contributed by atoms with van der Waals surface area (Å²) in [7, 11) is 0. The van der Waals surface area contributed by atoms with Crippen LogP contribution in [0.2, 0.25) is 0 Å². The predicted octanol–water partition coefficient (Wildman–Crippen LogP) is 0.928. The van der Waals surface area contributed by atoms with Crippen LogP contribution in [0.1, 0.15) is 12.8 Å². The largest absolute Gasteiger partial charge is 0.381 e. The first-order valence-electron chi connectivity index (χ1n) is 3.80. The van der Waals surface area contributed by atoms with E-state index in [9.17, 15) is 0 Å². The molecule has 0 aromatic heterocycles. The van der Waals surface area contributed by atoms with E-state index in [1.807, 2.05) is 0 Å². The van der Waals surface area contributed by atoms with Crippen LogP contribution in [0.15, 0.2) is 12.2 Å². The number of hydrogen-bond donors (Lipinski definition) is 1. The molecule has 0 saturated carbocycles. The third-order valence-corrected chi connectivity index (χ3v) is 2.06. The molecule has 0 bridgehead atoms. The minimum atomic E-state index is 0.624. The van der Waals surface area contributed by atoms with Crippen molar-refractivity contribution in [1.82, 2.24) is 0 Å². The fourth-order valence-corrected chi connectivity index (χ4v) is 1.27. The normalized spacial score (nSPS) is 20.9. The van der Waals surface area contributed by atoms with E-state index in [1.54, 1.807) is 0 Å². The molecule has 1 saturated heterocycles. The fraction of sp³-hybridized carbons (Fsp3) is 0.750. The molecule has 0 spiro atoms. The molecule has 58 valence electrons. The minimum Gasteiger partial charge on any atom is -0.381 e. The van der Waals surface area contributed by atoms with E-state index in [-0.39, 0.29) is 0 Å². The highest BCUT2D eigenvalue weighted by molar-refractivity contribution is 5.02. The smallest absolute Gasteiger partial charge is 0.0471 e. The molecule has 2 heteroatoms. The third-order valence-electron chi connectivity index (χ3n) is 2.06. The Kier molecular flexibility index (Phi) is 2.90. The Balaban J connectivity index is 2.31. The average molecular weight is 141 g/mol. The van der Waals surface area contributed by atoms with Gasteiger partial charge in [-0.1, -0.05) is 12.2 Å². The Morgan fingerprint density at radius 1 is 1.50 bits per heavy atom. The zero-order chi connectivity index (χ0) is 7.40. The highest BCUT2D eigenvalue weighted by Gasteiger charge is 2.14. The summed E-state index contributed by atoms with van der Waals surface area (Å²) in [5.41, 5.74) is 6.65. The van der Waals surface area contributed by atoms with Crippen LogP contribution in [0.3, 0.4) is 0 Å². The molecule has 0 atom stereocenters. The maximum atomic E-state index is 5.46. The lowest BCUT2D eigenvalue weighted by Gasteiger charge is -2.22. The zero-order valence-corrected chi connectivity index (χ0v) is 6.31. The van der Waals surface area contributed by atoms with E-state index in [4.69, 9.17) is 10.5 Å². The SMILES string of the molecule is C=C(CN)C1CCOCC1. The molecule has 1 aliphatic heterocycles. The van der Waals surface area contributed by atoms with Gasteiger partial charge in [-0.05, 0) is 18.8 Å². The van der Waals surface area contributed by atoms with Gasteiger partial charge < -0.3 is 10.5 Å². The van der Waals surface area contributed by atoms with Crippen LogP contribution in [0.5, 0.6) is 0 Å². The Hall–Kier alpha value is -0.340. The second-order valence-electron chi connectivity index (χ2n) is 2.75. The van der Waals surface area contributed by atoms with Gasteiger partial charge in [0.1, 0.15) is 0 Å². The van der Waals surface area contributed by atoms with Crippen molar-refractivity contribution >= 4 is 0 Å². The van der Waals surface area contributed by atoms with E-state index >= 15 is 0 Å². The Morgan fingerprint density at radius 3 is 2.60 bits per heavy atom. The summed E-state index contributed by atoms with van der Waals surface area (Å²) in [6.45, 7) is 6.30. The monoisotopic (exact) mass is 141 g/mol. The van der Waals surface area contributed by atoms with Crippen molar-refractivity contribution in [3.05, 3.63) is 12.2 Å². The zero-order valence-electron chi connectivity index (χ0n) is 6.31. The second kappa shape index (κ2) is 3.74. The maximum absolute atomic E-state index is 5.46.